The fourth-order valence-corrected chi connectivity index (χ4v) is 4.02. The molecule has 3 nitrogen and oxygen atoms in total. The molecule has 2 fully saturated rings. The molecular formula is C16H32N2O. The van der Waals surface area contributed by atoms with Crippen molar-refractivity contribution >= 4 is 0 Å². The van der Waals surface area contributed by atoms with Crippen molar-refractivity contribution < 1.29 is 5.11 Å². The molecule has 0 bridgehead atoms. The standard InChI is InChI=1S/C16H32N2O/c1-4-17-15-5-7-16(2,3)9-14(15)11-18-8-6-13(10-18)12-19/h13-15,17,19H,4-12H2,1-3H3. The van der Waals surface area contributed by atoms with Gasteiger partial charge in [-0.3, -0.25) is 0 Å². The summed E-state index contributed by atoms with van der Waals surface area (Å²) in [7, 11) is 0. The number of hydrogen-bond acceptors (Lipinski definition) is 3. The Morgan fingerprint density at radius 1 is 1.32 bits per heavy atom. The van der Waals surface area contributed by atoms with Crippen molar-refractivity contribution in [2.75, 3.05) is 32.8 Å². The zero-order valence-corrected chi connectivity index (χ0v) is 13.0. The molecule has 19 heavy (non-hydrogen) atoms. The zero-order valence-electron chi connectivity index (χ0n) is 13.0. The average molecular weight is 268 g/mol. The normalized spacial score (nSPS) is 35.7. The monoisotopic (exact) mass is 268 g/mol. The van der Waals surface area contributed by atoms with E-state index in [4.69, 9.17) is 0 Å². The second-order valence-electron chi connectivity index (χ2n) is 7.43. The van der Waals surface area contributed by atoms with Gasteiger partial charge in [0.25, 0.3) is 0 Å². The van der Waals surface area contributed by atoms with Crippen LogP contribution in [0.1, 0.15) is 46.5 Å². The van der Waals surface area contributed by atoms with Crippen LogP contribution in [0.5, 0.6) is 0 Å². The van der Waals surface area contributed by atoms with Crippen LogP contribution in [0.3, 0.4) is 0 Å². The minimum Gasteiger partial charge on any atom is -0.396 e. The molecule has 0 amide bonds. The molecule has 2 rings (SSSR count). The maximum absolute atomic E-state index is 9.27. The lowest BCUT2D eigenvalue weighted by Gasteiger charge is -2.42. The molecule has 1 saturated heterocycles. The van der Waals surface area contributed by atoms with E-state index in [0.717, 1.165) is 19.0 Å². The number of likely N-dealkylation sites (tertiary alicyclic amines) is 1. The van der Waals surface area contributed by atoms with Gasteiger partial charge >= 0.3 is 0 Å². The number of aliphatic hydroxyl groups is 1. The Morgan fingerprint density at radius 2 is 2.11 bits per heavy atom. The van der Waals surface area contributed by atoms with Gasteiger partial charge in [0.1, 0.15) is 0 Å². The number of hydrogen-bond donors (Lipinski definition) is 2. The van der Waals surface area contributed by atoms with Gasteiger partial charge in [0.2, 0.25) is 0 Å². The topological polar surface area (TPSA) is 35.5 Å². The maximum atomic E-state index is 9.27. The van der Waals surface area contributed by atoms with Crippen LogP contribution in [-0.4, -0.2) is 48.8 Å². The molecule has 1 heterocycles. The third kappa shape index (κ3) is 4.17. The molecule has 0 aromatic rings. The first kappa shape index (κ1) is 15.3. The van der Waals surface area contributed by atoms with Crippen molar-refractivity contribution in [2.45, 2.75) is 52.5 Å². The van der Waals surface area contributed by atoms with E-state index < -0.39 is 0 Å². The summed E-state index contributed by atoms with van der Waals surface area (Å²) in [5.41, 5.74) is 0.507. The molecule has 0 aromatic heterocycles. The van der Waals surface area contributed by atoms with Crippen LogP contribution in [0.25, 0.3) is 0 Å². The third-order valence-electron chi connectivity index (χ3n) is 5.10. The Labute approximate surface area is 118 Å². The van der Waals surface area contributed by atoms with Gasteiger partial charge in [-0.1, -0.05) is 20.8 Å². The Morgan fingerprint density at radius 3 is 2.74 bits per heavy atom. The summed E-state index contributed by atoms with van der Waals surface area (Å²) in [5.74, 6) is 1.30. The van der Waals surface area contributed by atoms with E-state index in [1.54, 1.807) is 0 Å². The van der Waals surface area contributed by atoms with Gasteiger partial charge in [-0.15, -0.1) is 0 Å². The molecule has 0 aromatic carbocycles. The van der Waals surface area contributed by atoms with E-state index in [1.807, 2.05) is 0 Å². The first-order valence-electron chi connectivity index (χ1n) is 8.10. The zero-order chi connectivity index (χ0) is 13.9. The summed E-state index contributed by atoms with van der Waals surface area (Å²) in [6.45, 7) is 12.0. The van der Waals surface area contributed by atoms with Crippen LogP contribution in [0.15, 0.2) is 0 Å². The highest BCUT2D eigenvalue weighted by molar-refractivity contribution is 4.91. The van der Waals surface area contributed by atoms with Gasteiger partial charge in [0.05, 0.1) is 0 Å². The Balaban J connectivity index is 1.90. The smallest absolute Gasteiger partial charge is 0.0471 e. The molecule has 0 radical (unpaired) electrons. The lowest BCUT2D eigenvalue weighted by molar-refractivity contribution is 0.106. The first-order chi connectivity index (χ1) is 9.04. The van der Waals surface area contributed by atoms with Gasteiger partial charge in [-0.2, -0.15) is 0 Å². The van der Waals surface area contributed by atoms with Crippen molar-refractivity contribution in [3.8, 4) is 0 Å². The van der Waals surface area contributed by atoms with E-state index in [2.05, 4.69) is 31.0 Å². The minimum absolute atomic E-state index is 0.364. The highest BCUT2D eigenvalue weighted by Gasteiger charge is 2.36. The van der Waals surface area contributed by atoms with Crippen molar-refractivity contribution in [2.24, 2.45) is 17.3 Å². The van der Waals surface area contributed by atoms with Gasteiger partial charge in [-0.25, -0.2) is 0 Å². The highest BCUT2D eigenvalue weighted by atomic mass is 16.3. The molecule has 2 aliphatic rings. The average Bonchev–Trinajstić information content (AvgIpc) is 2.80. The van der Waals surface area contributed by atoms with Crippen molar-refractivity contribution in [1.29, 1.82) is 0 Å². The fourth-order valence-electron chi connectivity index (χ4n) is 4.02. The van der Waals surface area contributed by atoms with E-state index in [9.17, 15) is 5.11 Å². The van der Waals surface area contributed by atoms with Crippen LogP contribution in [0, 0.1) is 17.3 Å². The Kier molecular flexibility index (Phi) is 5.27. The second kappa shape index (κ2) is 6.55. The summed E-state index contributed by atoms with van der Waals surface area (Å²) in [6.07, 6.45) is 5.19. The first-order valence-corrected chi connectivity index (χ1v) is 8.10. The van der Waals surface area contributed by atoms with Gasteiger partial charge in [0, 0.05) is 25.7 Å². The highest BCUT2D eigenvalue weighted by Crippen LogP contribution is 2.39. The third-order valence-corrected chi connectivity index (χ3v) is 5.10. The molecule has 3 atom stereocenters. The maximum Gasteiger partial charge on any atom is 0.0471 e. The SMILES string of the molecule is CCNC1CCC(C)(C)CC1CN1CCC(CO)C1. The molecule has 3 heteroatoms. The summed E-state index contributed by atoms with van der Waals surface area (Å²) in [6, 6.07) is 0.700. The van der Waals surface area contributed by atoms with Gasteiger partial charge in [0.15, 0.2) is 0 Å². The largest absolute Gasteiger partial charge is 0.396 e. The number of rotatable bonds is 5. The van der Waals surface area contributed by atoms with Gasteiger partial charge < -0.3 is 15.3 Å². The van der Waals surface area contributed by atoms with Crippen molar-refractivity contribution in [1.82, 2.24) is 10.2 Å². The lowest BCUT2D eigenvalue weighted by atomic mass is 9.69. The summed E-state index contributed by atoms with van der Waals surface area (Å²) < 4.78 is 0. The van der Waals surface area contributed by atoms with Crippen LogP contribution < -0.4 is 5.32 Å². The molecule has 0 spiro atoms. The molecule has 112 valence electrons. The summed E-state index contributed by atoms with van der Waals surface area (Å²) in [5, 5.41) is 13.0. The molecule has 1 aliphatic heterocycles. The molecule has 1 aliphatic carbocycles. The van der Waals surface area contributed by atoms with E-state index in [1.165, 1.54) is 38.8 Å². The van der Waals surface area contributed by atoms with Crippen molar-refractivity contribution in [3.05, 3.63) is 0 Å². The Bertz CT molecular complexity index is 280. The van der Waals surface area contributed by atoms with Crippen LogP contribution in [-0.2, 0) is 0 Å². The molecule has 3 unspecified atom stereocenters. The molecule has 1 saturated carbocycles. The van der Waals surface area contributed by atoms with E-state index in [-0.39, 0.29) is 0 Å². The number of nitrogens with zero attached hydrogens (tertiary/aromatic N) is 1. The number of aliphatic hydroxyl groups excluding tert-OH is 1. The predicted octanol–water partition coefficient (Wildman–Crippen LogP) is 2.11. The fraction of sp³-hybridized carbons (Fsp3) is 1.00. The van der Waals surface area contributed by atoms with Crippen LogP contribution in [0.4, 0.5) is 0 Å². The van der Waals surface area contributed by atoms with Crippen LogP contribution >= 0.6 is 0 Å². The summed E-state index contributed by atoms with van der Waals surface area (Å²) >= 11 is 0. The lowest BCUT2D eigenvalue weighted by Crippen LogP contribution is -2.47. The van der Waals surface area contributed by atoms with E-state index >= 15 is 0 Å². The second-order valence-corrected chi connectivity index (χ2v) is 7.43. The predicted molar refractivity (Wildman–Crippen MR) is 80.2 cm³/mol. The summed E-state index contributed by atoms with van der Waals surface area (Å²) in [4.78, 5) is 2.58. The minimum atomic E-state index is 0.364. The Hall–Kier alpha value is -0.120. The van der Waals surface area contributed by atoms with E-state index in [0.29, 0.717) is 24.0 Å². The van der Waals surface area contributed by atoms with Crippen molar-refractivity contribution in [3.63, 3.8) is 0 Å². The molecule has 2 N–H and O–H groups in total. The number of nitrogens with one attached hydrogen (secondary N) is 1. The van der Waals surface area contributed by atoms with Crippen LogP contribution in [0.2, 0.25) is 0 Å². The quantitative estimate of drug-likeness (QED) is 0.801. The molecular weight excluding hydrogens is 236 g/mol. The van der Waals surface area contributed by atoms with Gasteiger partial charge in [-0.05, 0) is 56.0 Å².